The number of carbonyl (C=O) groups excluding carboxylic acids is 1. The van der Waals surface area contributed by atoms with Gasteiger partial charge in [0.15, 0.2) is 5.84 Å². The first-order valence-corrected chi connectivity index (χ1v) is 8.41. The number of nitrogens with two attached hydrogens (primary N) is 1. The van der Waals surface area contributed by atoms with Crippen molar-refractivity contribution in [2.24, 2.45) is 16.3 Å². The van der Waals surface area contributed by atoms with Crippen LogP contribution in [0.5, 0.6) is 0 Å². The highest BCUT2D eigenvalue weighted by Gasteiger charge is 2.45. The second kappa shape index (κ2) is 7.17. The number of rotatable bonds is 5. The van der Waals surface area contributed by atoms with Gasteiger partial charge in [0, 0.05) is 37.7 Å². The van der Waals surface area contributed by atoms with E-state index in [1.807, 2.05) is 11.8 Å². The highest BCUT2D eigenvalue weighted by atomic mass is 32.2. The summed E-state index contributed by atoms with van der Waals surface area (Å²) in [5.41, 5.74) is 4.97. The highest BCUT2D eigenvalue weighted by molar-refractivity contribution is 7.99. The van der Waals surface area contributed by atoms with E-state index >= 15 is 0 Å². The van der Waals surface area contributed by atoms with Crippen LogP contribution in [0, 0.1) is 5.41 Å². The molecule has 1 aliphatic carbocycles. The molecule has 0 spiro atoms. The summed E-state index contributed by atoms with van der Waals surface area (Å²) < 4.78 is 0. The first-order chi connectivity index (χ1) is 9.69. The molecule has 1 aliphatic heterocycles. The normalized spacial score (nSPS) is 23.7. The van der Waals surface area contributed by atoms with Crippen molar-refractivity contribution in [3.8, 4) is 0 Å². The van der Waals surface area contributed by atoms with Crippen LogP contribution in [0.3, 0.4) is 0 Å². The van der Waals surface area contributed by atoms with Gasteiger partial charge in [0.25, 0.3) is 0 Å². The molecule has 6 nitrogen and oxygen atoms in total. The molecule has 0 unspecified atom stereocenters. The number of nitrogens with one attached hydrogen (secondary N) is 1. The maximum absolute atomic E-state index is 12.4. The molecule has 2 aliphatic rings. The Labute approximate surface area is 124 Å². The molecular weight excluding hydrogens is 276 g/mol. The molecule has 1 saturated heterocycles. The van der Waals surface area contributed by atoms with E-state index < -0.39 is 5.41 Å². The van der Waals surface area contributed by atoms with Gasteiger partial charge < -0.3 is 16.3 Å². The minimum Gasteiger partial charge on any atom is -0.409 e. The van der Waals surface area contributed by atoms with Crippen LogP contribution in [-0.2, 0) is 4.79 Å². The smallest absolute Gasteiger partial charge is 0.233 e. The Bertz CT molecular complexity index is 363. The van der Waals surface area contributed by atoms with Crippen molar-refractivity contribution in [1.29, 1.82) is 0 Å². The van der Waals surface area contributed by atoms with Gasteiger partial charge in [-0.2, -0.15) is 11.8 Å². The van der Waals surface area contributed by atoms with E-state index in [0.29, 0.717) is 19.4 Å². The standard InChI is InChI=1S/C13H24N4O2S/c14-11(16-19)13(3-1-2-4-13)12(18)15-5-6-17-7-9-20-10-8-17/h19H,1-10H2,(H2,14,16)(H,15,18). The fraction of sp³-hybridized carbons (Fsp3) is 0.846. The quantitative estimate of drug-likeness (QED) is 0.297. The van der Waals surface area contributed by atoms with Gasteiger partial charge in [-0.1, -0.05) is 18.0 Å². The molecule has 0 aromatic rings. The molecule has 1 heterocycles. The maximum atomic E-state index is 12.4. The lowest BCUT2D eigenvalue weighted by atomic mass is 9.84. The molecule has 0 radical (unpaired) electrons. The zero-order valence-corrected chi connectivity index (χ0v) is 12.6. The Balaban J connectivity index is 1.83. The SMILES string of the molecule is NC(=NO)C1(C(=O)NCCN2CCSCC2)CCCC1. The molecule has 1 saturated carbocycles. The van der Waals surface area contributed by atoms with Gasteiger partial charge in [0.05, 0.1) is 0 Å². The molecule has 7 heteroatoms. The molecule has 4 N–H and O–H groups in total. The largest absolute Gasteiger partial charge is 0.409 e. The van der Waals surface area contributed by atoms with E-state index in [1.165, 1.54) is 11.5 Å². The van der Waals surface area contributed by atoms with Gasteiger partial charge in [-0.25, -0.2) is 0 Å². The number of nitrogens with zero attached hydrogens (tertiary/aromatic N) is 2. The molecule has 0 aromatic carbocycles. The summed E-state index contributed by atoms with van der Waals surface area (Å²) in [6.45, 7) is 3.68. The first-order valence-electron chi connectivity index (χ1n) is 7.25. The van der Waals surface area contributed by atoms with E-state index in [0.717, 1.165) is 32.5 Å². The Hall–Kier alpha value is -0.950. The number of oxime groups is 1. The molecule has 1 amide bonds. The first kappa shape index (κ1) is 15.4. The van der Waals surface area contributed by atoms with Gasteiger partial charge in [-0.3, -0.25) is 9.69 Å². The molecule has 114 valence electrons. The van der Waals surface area contributed by atoms with Gasteiger partial charge in [0.2, 0.25) is 5.91 Å². The van der Waals surface area contributed by atoms with Gasteiger partial charge >= 0.3 is 0 Å². The third-order valence-electron chi connectivity index (χ3n) is 4.31. The minimum absolute atomic E-state index is 0.0573. The Morgan fingerprint density at radius 2 is 2.00 bits per heavy atom. The van der Waals surface area contributed by atoms with Crippen molar-refractivity contribution in [2.75, 3.05) is 37.7 Å². The maximum Gasteiger partial charge on any atom is 0.233 e. The third-order valence-corrected chi connectivity index (χ3v) is 5.25. The summed E-state index contributed by atoms with van der Waals surface area (Å²) in [6.07, 6.45) is 3.25. The number of amides is 1. The molecule has 2 rings (SSSR count). The second-order valence-corrected chi connectivity index (χ2v) is 6.71. The Morgan fingerprint density at radius 3 is 2.60 bits per heavy atom. The Kier molecular flexibility index (Phi) is 5.54. The summed E-state index contributed by atoms with van der Waals surface area (Å²) in [7, 11) is 0. The van der Waals surface area contributed by atoms with E-state index in [2.05, 4.69) is 15.4 Å². The van der Waals surface area contributed by atoms with Crippen molar-refractivity contribution in [1.82, 2.24) is 10.2 Å². The number of thioether (sulfide) groups is 1. The predicted molar refractivity (Wildman–Crippen MR) is 81.1 cm³/mol. The molecule has 2 fully saturated rings. The third kappa shape index (κ3) is 3.38. The second-order valence-electron chi connectivity index (χ2n) is 5.48. The monoisotopic (exact) mass is 300 g/mol. The summed E-state index contributed by atoms with van der Waals surface area (Å²) in [5, 5.41) is 15.0. The molecular formula is C13H24N4O2S. The van der Waals surface area contributed by atoms with Crippen LogP contribution in [0.15, 0.2) is 5.16 Å². The van der Waals surface area contributed by atoms with Crippen molar-refractivity contribution in [3.63, 3.8) is 0 Å². The van der Waals surface area contributed by atoms with Crippen molar-refractivity contribution in [2.45, 2.75) is 25.7 Å². The lowest BCUT2D eigenvalue weighted by Gasteiger charge is -2.28. The fourth-order valence-corrected chi connectivity index (χ4v) is 3.97. The highest BCUT2D eigenvalue weighted by Crippen LogP contribution is 2.38. The summed E-state index contributed by atoms with van der Waals surface area (Å²) in [6, 6.07) is 0. The van der Waals surface area contributed by atoms with Crippen LogP contribution >= 0.6 is 11.8 Å². The van der Waals surface area contributed by atoms with E-state index in [1.54, 1.807) is 0 Å². The molecule has 0 atom stereocenters. The average molecular weight is 300 g/mol. The minimum atomic E-state index is -0.785. The van der Waals surface area contributed by atoms with Crippen molar-refractivity contribution < 1.29 is 10.0 Å². The zero-order valence-electron chi connectivity index (χ0n) is 11.8. The molecule has 0 bridgehead atoms. The zero-order chi connectivity index (χ0) is 14.4. The summed E-state index contributed by atoms with van der Waals surface area (Å²) in [4.78, 5) is 14.8. The van der Waals surface area contributed by atoms with Gasteiger partial charge in [0.1, 0.15) is 5.41 Å². The van der Waals surface area contributed by atoms with Crippen molar-refractivity contribution in [3.05, 3.63) is 0 Å². The lowest BCUT2D eigenvalue weighted by Crippen LogP contribution is -2.50. The number of hydrogen-bond acceptors (Lipinski definition) is 5. The number of amidine groups is 1. The van der Waals surface area contributed by atoms with Crippen LogP contribution in [-0.4, -0.2) is 59.5 Å². The van der Waals surface area contributed by atoms with E-state index in [9.17, 15) is 4.79 Å². The number of carbonyl (C=O) groups is 1. The lowest BCUT2D eigenvalue weighted by molar-refractivity contribution is -0.127. The van der Waals surface area contributed by atoms with Crippen molar-refractivity contribution >= 4 is 23.5 Å². The van der Waals surface area contributed by atoms with Crippen LogP contribution in [0.2, 0.25) is 0 Å². The van der Waals surface area contributed by atoms with Crippen LogP contribution in [0.4, 0.5) is 0 Å². The van der Waals surface area contributed by atoms with Gasteiger partial charge in [-0.15, -0.1) is 0 Å². The summed E-state index contributed by atoms with van der Waals surface area (Å²) in [5.74, 6) is 2.31. The number of hydrogen-bond donors (Lipinski definition) is 3. The van der Waals surface area contributed by atoms with Crippen LogP contribution < -0.4 is 11.1 Å². The van der Waals surface area contributed by atoms with E-state index in [4.69, 9.17) is 10.9 Å². The van der Waals surface area contributed by atoms with E-state index in [-0.39, 0.29) is 11.7 Å². The Morgan fingerprint density at radius 1 is 1.35 bits per heavy atom. The van der Waals surface area contributed by atoms with Gasteiger partial charge in [-0.05, 0) is 12.8 Å². The van der Waals surface area contributed by atoms with Crippen LogP contribution in [0.25, 0.3) is 0 Å². The average Bonchev–Trinajstić information content (AvgIpc) is 2.98. The van der Waals surface area contributed by atoms with Crippen LogP contribution in [0.1, 0.15) is 25.7 Å². The summed E-state index contributed by atoms with van der Waals surface area (Å²) >= 11 is 1.98. The molecule has 20 heavy (non-hydrogen) atoms. The topological polar surface area (TPSA) is 91.0 Å². The molecule has 0 aromatic heterocycles. The predicted octanol–water partition coefficient (Wildman–Crippen LogP) is 0.458. The fourth-order valence-electron chi connectivity index (χ4n) is 3.00.